The van der Waals surface area contributed by atoms with Gasteiger partial charge in [-0.1, -0.05) is 30.3 Å². The summed E-state index contributed by atoms with van der Waals surface area (Å²) in [7, 11) is 0. The van der Waals surface area contributed by atoms with E-state index in [1.807, 2.05) is 37.3 Å². The number of nitrogens with zero attached hydrogens (tertiary/aromatic N) is 2. The molecule has 1 aromatic heterocycles. The fraction of sp³-hybridized carbons (Fsp3) is 0.118. The summed E-state index contributed by atoms with van der Waals surface area (Å²) in [6.07, 6.45) is 0. The van der Waals surface area contributed by atoms with Crippen molar-refractivity contribution in [3.8, 4) is 6.07 Å². The first kappa shape index (κ1) is 12.4. The summed E-state index contributed by atoms with van der Waals surface area (Å²) < 4.78 is 16.2. The van der Waals surface area contributed by atoms with E-state index in [1.54, 1.807) is 12.1 Å². The summed E-state index contributed by atoms with van der Waals surface area (Å²) in [5.41, 5.74) is 2.78. The van der Waals surface area contributed by atoms with Crippen LogP contribution in [0.3, 0.4) is 0 Å². The largest absolute Gasteiger partial charge is 0.340 e. The maximum atomic E-state index is 14.2. The Hall–Kier alpha value is -2.60. The molecule has 0 atom stereocenters. The number of halogens is 1. The molecule has 0 N–H and O–H groups in total. The van der Waals surface area contributed by atoms with Crippen molar-refractivity contribution in [2.75, 3.05) is 0 Å². The van der Waals surface area contributed by atoms with Crippen LogP contribution in [-0.2, 0) is 6.54 Å². The highest BCUT2D eigenvalue weighted by Gasteiger charge is 2.11. The van der Waals surface area contributed by atoms with Crippen molar-refractivity contribution in [2.45, 2.75) is 13.5 Å². The summed E-state index contributed by atoms with van der Waals surface area (Å²) in [5, 5.41) is 10.0. The van der Waals surface area contributed by atoms with Gasteiger partial charge >= 0.3 is 0 Å². The van der Waals surface area contributed by atoms with Crippen LogP contribution in [0, 0.1) is 24.1 Å². The molecule has 0 aliphatic carbocycles. The predicted octanol–water partition coefficient (Wildman–Crippen LogP) is 4.01. The van der Waals surface area contributed by atoms with Gasteiger partial charge in [0.05, 0.1) is 12.1 Å². The highest BCUT2D eigenvalue weighted by atomic mass is 19.1. The Labute approximate surface area is 116 Å². The van der Waals surface area contributed by atoms with E-state index < -0.39 is 5.82 Å². The van der Waals surface area contributed by atoms with E-state index in [1.165, 1.54) is 6.07 Å². The molecule has 0 bridgehead atoms. The normalized spacial score (nSPS) is 10.7. The van der Waals surface area contributed by atoms with Crippen LogP contribution in [0.4, 0.5) is 4.39 Å². The highest BCUT2D eigenvalue weighted by Crippen LogP contribution is 2.22. The molecule has 0 amide bonds. The second-order valence-electron chi connectivity index (χ2n) is 4.82. The molecular formula is C17H13FN2. The van der Waals surface area contributed by atoms with Crippen LogP contribution in [-0.4, -0.2) is 4.57 Å². The van der Waals surface area contributed by atoms with Crippen molar-refractivity contribution in [3.05, 3.63) is 71.2 Å². The average molecular weight is 264 g/mol. The molecule has 0 spiro atoms. The minimum Gasteiger partial charge on any atom is -0.340 e. The third-order valence-corrected chi connectivity index (χ3v) is 3.55. The van der Waals surface area contributed by atoms with Crippen molar-refractivity contribution in [1.29, 1.82) is 5.26 Å². The molecule has 98 valence electrons. The summed E-state index contributed by atoms with van der Waals surface area (Å²) in [6, 6.07) is 16.9. The molecule has 20 heavy (non-hydrogen) atoms. The molecule has 2 nitrogen and oxygen atoms in total. The second-order valence-corrected chi connectivity index (χ2v) is 4.82. The third kappa shape index (κ3) is 1.96. The van der Waals surface area contributed by atoms with E-state index in [2.05, 4.69) is 10.6 Å². The van der Waals surface area contributed by atoms with Crippen LogP contribution in [0.25, 0.3) is 10.9 Å². The molecule has 0 unspecified atom stereocenters. The van der Waals surface area contributed by atoms with Crippen molar-refractivity contribution in [2.24, 2.45) is 0 Å². The van der Waals surface area contributed by atoms with E-state index in [9.17, 15) is 4.39 Å². The Bertz CT molecular complexity index is 825. The van der Waals surface area contributed by atoms with Gasteiger partial charge in [-0.15, -0.1) is 0 Å². The molecule has 3 aromatic rings. The number of benzene rings is 2. The maximum Gasteiger partial charge on any atom is 0.145 e. The van der Waals surface area contributed by atoms with Crippen LogP contribution < -0.4 is 0 Å². The first-order valence-electron chi connectivity index (χ1n) is 6.43. The fourth-order valence-corrected chi connectivity index (χ4v) is 2.52. The summed E-state index contributed by atoms with van der Waals surface area (Å²) in [4.78, 5) is 0. The third-order valence-electron chi connectivity index (χ3n) is 3.55. The van der Waals surface area contributed by atoms with E-state index >= 15 is 0 Å². The quantitative estimate of drug-likeness (QED) is 0.687. The Morgan fingerprint density at radius 2 is 1.95 bits per heavy atom. The van der Waals surface area contributed by atoms with E-state index in [-0.39, 0.29) is 5.56 Å². The summed E-state index contributed by atoms with van der Waals surface area (Å²) >= 11 is 0. The Morgan fingerprint density at radius 1 is 1.15 bits per heavy atom. The fourth-order valence-electron chi connectivity index (χ4n) is 2.52. The first-order chi connectivity index (χ1) is 9.70. The maximum absolute atomic E-state index is 14.2. The van der Waals surface area contributed by atoms with Crippen LogP contribution in [0.1, 0.15) is 16.8 Å². The smallest absolute Gasteiger partial charge is 0.145 e. The minimum absolute atomic E-state index is 0.0941. The zero-order valence-electron chi connectivity index (χ0n) is 11.1. The number of aryl methyl sites for hydroxylation is 1. The molecule has 0 saturated heterocycles. The van der Waals surface area contributed by atoms with Gasteiger partial charge in [0.15, 0.2) is 0 Å². The molecule has 0 fully saturated rings. The van der Waals surface area contributed by atoms with Gasteiger partial charge in [-0.2, -0.15) is 5.26 Å². The van der Waals surface area contributed by atoms with E-state index in [0.717, 1.165) is 16.6 Å². The summed E-state index contributed by atoms with van der Waals surface area (Å²) in [5.74, 6) is -0.424. The molecule has 3 heteroatoms. The average Bonchev–Trinajstić information content (AvgIpc) is 2.77. The van der Waals surface area contributed by atoms with E-state index in [0.29, 0.717) is 12.1 Å². The minimum atomic E-state index is -0.424. The monoisotopic (exact) mass is 264 g/mol. The van der Waals surface area contributed by atoms with Gasteiger partial charge < -0.3 is 4.57 Å². The molecule has 2 aromatic carbocycles. The van der Waals surface area contributed by atoms with Crippen molar-refractivity contribution >= 4 is 10.9 Å². The lowest BCUT2D eigenvalue weighted by atomic mass is 10.1. The van der Waals surface area contributed by atoms with Crippen molar-refractivity contribution in [3.63, 3.8) is 0 Å². The van der Waals surface area contributed by atoms with Gasteiger partial charge in [0, 0.05) is 16.8 Å². The molecular weight excluding hydrogens is 251 g/mol. The topological polar surface area (TPSA) is 28.7 Å². The molecule has 3 rings (SSSR count). The lowest BCUT2D eigenvalue weighted by Gasteiger charge is -2.10. The molecule has 0 saturated carbocycles. The molecule has 0 aliphatic rings. The number of hydrogen-bond donors (Lipinski definition) is 0. The van der Waals surface area contributed by atoms with Gasteiger partial charge in [-0.05, 0) is 30.5 Å². The van der Waals surface area contributed by atoms with Gasteiger partial charge in [-0.3, -0.25) is 0 Å². The van der Waals surface area contributed by atoms with E-state index in [4.69, 9.17) is 5.26 Å². The lowest BCUT2D eigenvalue weighted by Crippen LogP contribution is -2.04. The van der Waals surface area contributed by atoms with Gasteiger partial charge in [0.25, 0.3) is 0 Å². The van der Waals surface area contributed by atoms with Crippen LogP contribution in [0.5, 0.6) is 0 Å². The standard InChI is InChI=1S/C17H13FN2/c1-12-9-13-5-2-3-8-16(13)20(12)11-15-7-4-6-14(10-19)17(15)18/h2-9H,11H2,1H3. The zero-order chi connectivity index (χ0) is 14.1. The molecule has 1 heterocycles. The lowest BCUT2D eigenvalue weighted by molar-refractivity contribution is 0.597. The molecule has 0 aliphatic heterocycles. The number of rotatable bonds is 2. The number of aromatic nitrogens is 1. The van der Waals surface area contributed by atoms with Gasteiger partial charge in [0.1, 0.15) is 11.9 Å². The zero-order valence-corrected chi connectivity index (χ0v) is 11.1. The molecule has 0 radical (unpaired) electrons. The first-order valence-corrected chi connectivity index (χ1v) is 6.43. The van der Waals surface area contributed by atoms with Crippen LogP contribution in [0.15, 0.2) is 48.5 Å². The SMILES string of the molecule is Cc1cc2ccccc2n1Cc1cccc(C#N)c1F. The Kier molecular flexibility index (Phi) is 3.00. The van der Waals surface area contributed by atoms with Crippen molar-refractivity contribution in [1.82, 2.24) is 4.57 Å². The highest BCUT2D eigenvalue weighted by molar-refractivity contribution is 5.81. The van der Waals surface area contributed by atoms with Crippen molar-refractivity contribution < 1.29 is 4.39 Å². The predicted molar refractivity (Wildman–Crippen MR) is 76.9 cm³/mol. The van der Waals surface area contributed by atoms with Crippen LogP contribution in [0.2, 0.25) is 0 Å². The Balaban J connectivity index is 2.11. The number of nitriles is 1. The Morgan fingerprint density at radius 3 is 2.75 bits per heavy atom. The number of fused-ring (bicyclic) bond motifs is 1. The number of para-hydroxylation sites is 1. The van der Waals surface area contributed by atoms with Gasteiger partial charge in [-0.25, -0.2) is 4.39 Å². The summed E-state index contributed by atoms with van der Waals surface area (Å²) in [6.45, 7) is 2.44. The number of hydrogen-bond acceptors (Lipinski definition) is 1. The van der Waals surface area contributed by atoms with Gasteiger partial charge in [0.2, 0.25) is 0 Å². The van der Waals surface area contributed by atoms with Crippen LogP contribution >= 0.6 is 0 Å². The second kappa shape index (κ2) is 4.82.